The molecule has 0 radical (unpaired) electrons. The molecule has 0 saturated heterocycles. The van der Waals surface area contributed by atoms with Crippen molar-refractivity contribution in [1.29, 1.82) is 0 Å². The molecule has 0 fully saturated rings. The van der Waals surface area contributed by atoms with Crippen molar-refractivity contribution in [3.8, 4) is 21.1 Å². The van der Waals surface area contributed by atoms with Crippen LogP contribution in [-0.2, 0) is 0 Å². The second-order valence-electron chi connectivity index (χ2n) is 5.05. The van der Waals surface area contributed by atoms with E-state index in [4.69, 9.17) is 0 Å². The van der Waals surface area contributed by atoms with Gasteiger partial charge >= 0.3 is 128 Å². The Hall–Kier alpha value is -1.70. The summed E-state index contributed by atoms with van der Waals surface area (Å²) < 4.78 is 30.4. The van der Waals surface area contributed by atoms with Gasteiger partial charge in [0.25, 0.3) is 0 Å². The first-order valence-corrected chi connectivity index (χ1v) is 8.39. The SMILES string of the molecule is Cc1ccc(-c2ccc(-c3ccc(C)c(F)c3F)cc2)[se]1. The van der Waals surface area contributed by atoms with Crippen LogP contribution in [0.15, 0.2) is 48.5 Å². The van der Waals surface area contributed by atoms with Gasteiger partial charge in [-0.1, -0.05) is 0 Å². The predicted octanol–water partition coefficient (Wildman–Crippen LogP) is 4.97. The van der Waals surface area contributed by atoms with Gasteiger partial charge in [-0.2, -0.15) is 0 Å². The number of aryl methyl sites for hydroxylation is 2. The van der Waals surface area contributed by atoms with E-state index in [0.29, 0.717) is 31.2 Å². The van der Waals surface area contributed by atoms with Gasteiger partial charge in [-0.25, -0.2) is 0 Å². The molecule has 1 aromatic heterocycles. The molecular formula is C18H14F2Se. The molecule has 106 valence electrons. The summed E-state index contributed by atoms with van der Waals surface area (Å²) in [6.45, 7) is 3.69. The average molecular weight is 347 g/mol. The van der Waals surface area contributed by atoms with Gasteiger partial charge in [0.05, 0.1) is 0 Å². The Morgan fingerprint density at radius 1 is 0.714 bits per heavy atom. The van der Waals surface area contributed by atoms with E-state index in [1.807, 2.05) is 24.3 Å². The Labute approximate surface area is 128 Å². The van der Waals surface area contributed by atoms with Crippen molar-refractivity contribution in [2.24, 2.45) is 0 Å². The van der Waals surface area contributed by atoms with E-state index in [9.17, 15) is 8.78 Å². The van der Waals surface area contributed by atoms with Crippen molar-refractivity contribution in [2.45, 2.75) is 13.8 Å². The number of hydrogen-bond acceptors (Lipinski definition) is 0. The molecular weight excluding hydrogens is 333 g/mol. The Balaban J connectivity index is 2.00. The van der Waals surface area contributed by atoms with Gasteiger partial charge < -0.3 is 0 Å². The third-order valence-corrected chi connectivity index (χ3v) is 5.70. The molecule has 0 bridgehead atoms. The fraction of sp³-hybridized carbons (Fsp3) is 0.111. The quantitative estimate of drug-likeness (QED) is 0.574. The topological polar surface area (TPSA) is 0 Å². The van der Waals surface area contributed by atoms with Crippen LogP contribution in [-0.4, -0.2) is 14.5 Å². The van der Waals surface area contributed by atoms with E-state index in [2.05, 4.69) is 19.1 Å². The van der Waals surface area contributed by atoms with Gasteiger partial charge in [-0.05, 0) is 0 Å². The summed E-state index contributed by atoms with van der Waals surface area (Å²) in [5, 5.41) is 0. The van der Waals surface area contributed by atoms with Crippen LogP contribution in [0.5, 0.6) is 0 Å². The minimum atomic E-state index is -0.774. The van der Waals surface area contributed by atoms with E-state index in [1.54, 1.807) is 19.1 Å². The molecule has 0 aliphatic rings. The molecule has 3 rings (SSSR count). The van der Waals surface area contributed by atoms with E-state index < -0.39 is 11.6 Å². The molecule has 0 aliphatic carbocycles. The summed E-state index contributed by atoms with van der Waals surface area (Å²) in [6.07, 6.45) is 0. The van der Waals surface area contributed by atoms with Crippen molar-refractivity contribution in [1.82, 2.24) is 0 Å². The Kier molecular flexibility index (Phi) is 3.79. The van der Waals surface area contributed by atoms with E-state index in [1.165, 1.54) is 8.87 Å². The van der Waals surface area contributed by atoms with Crippen molar-refractivity contribution in [3.63, 3.8) is 0 Å². The zero-order valence-electron chi connectivity index (χ0n) is 11.8. The van der Waals surface area contributed by atoms with Gasteiger partial charge in [-0.3, -0.25) is 0 Å². The van der Waals surface area contributed by atoms with Crippen LogP contribution in [0.2, 0.25) is 0 Å². The summed E-state index contributed by atoms with van der Waals surface area (Å²) in [4.78, 5) is 0. The predicted molar refractivity (Wildman–Crippen MR) is 83.6 cm³/mol. The second-order valence-corrected chi connectivity index (χ2v) is 7.75. The maximum atomic E-state index is 14.0. The van der Waals surface area contributed by atoms with Crippen LogP contribution >= 0.6 is 0 Å². The fourth-order valence-corrected chi connectivity index (χ4v) is 4.10. The molecule has 0 N–H and O–H groups in total. The fourth-order valence-electron chi connectivity index (χ4n) is 2.27. The van der Waals surface area contributed by atoms with Crippen LogP contribution < -0.4 is 0 Å². The average Bonchev–Trinajstić information content (AvgIpc) is 2.92. The molecule has 0 spiro atoms. The third kappa shape index (κ3) is 2.72. The second kappa shape index (κ2) is 5.59. The summed E-state index contributed by atoms with van der Waals surface area (Å²) in [5.74, 6) is -1.54. The summed E-state index contributed by atoms with van der Waals surface area (Å²) in [7, 11) is 0. The molecule has 0 unspecified atom stereocenters. The summed E-state index contributed by atoms with van der Waals surface area (Å²) in [5.41, 5.74) is 2.49. The van der Waals surface area contributed by atoms with Gasteiger partial charge in [0, 0.05) is 0 Å². The van der Waals surface area contributed by atoms with Crippen LogP contribution in [0.3, 0.4) is 0 Å². The molecule has 3 heteroatoms. The Morgan fingerprint density at radius 2 is 1.38 bits per heavy atom. The van der Waals surface area contributed by atoms with Gasteiger partial charge in [0.2, 0.25) is 0 Å². The van der Waals surface area contributed by atoms with Crippen molar-refractivity contribution < 1.29 is 8.78 Å². The number of hydrogen-bond donors (Lipinski definition) is 0. The first kappa shape index (κ1) is 14.2. The molecule has 21 heavy (non-hydrogen) atoms. The summed E-state index contributed by atoms with van der Waals surface area (Å²) in [6, 6.07) is 15.2. The third-order valence-electron chi connectivity index (χ3n) is 3.50. The van der Waals surface area contributed by atoms with Gasteiger partial charge in [0.1, 0.15) is 0 Å². The number of rotatable bonds is 2. The number of benzene rings is 2. The summed E-state index contributed by atoms with van der Waals surface area (Å²) >= 11 is 0.378. The molecule has 1 heterocycles. The molecule has 0 nitrogen and oxygen atoms in total. The molecule has 0 aliphatic heterocycles. The monoisotopic (exact) mass is 348 g/mol. The Morgan fingerprint density at radius 3 is 2.00 bits per heavy atom. The maximum absolute atomic E-state index is 14.0. The Bertz CT molecular complexity index is 785. The molecule has 0 atom stereocenters. The van der Waals surface area contributed by atoms with E-state index in [0.717, 1.165) is 5.56 Å². The normalized spacial score (nSPS) is 10.9. The van der Waals surface area contributed by atoms with Gasteiger partial charge in [0.15, 0.2) is 0 Å². The molecule has 3 aromatic rings. The van der Waals surface area contributed by atoms with Crippen LogP contribution in [0.4, 0.5) is 8.78 Å². The molecule has 2 aromatic carbocycles. The number of halogens is 2. The van der Waals surface area contributed by atoms with Crippen LogP contribution in [0, 0.1) is 25.5 Å². The van der Waals surface area contributed by atoms with Gasteiger partial charge in [-0.15, -0.1) is 0 Å². The standard InChI is InChI=1S/C18H14F2Se/c1-11-3-9-15(18(20)17(11)19)13-5-7-14(8-6-13)16-10-4-12(2)21-16/h3-10H,1-2H3. The van der Waals surface area contributed by atoms with E-state index >= 15 is 0 Å². The van der Waals surface area contributed by atoms with Crippen molar-refractivity contribution >= 4 is 14.5 Å². The van der Waals surface area contributed by atoms with Crippen LogP contribution in [0.1, 0.15) is 10.0 Å². The minimum absolute atomic E-state index is 0.310. The van der Waals surface area contributed by atoms with Crippen LogP contribution in [0.25, 0.3) is 21.1 Å². The zero-order valence-corrected chi connectivity index (χ0v) is 13.5. The molecule has 0 saturated carbocycles. The zero-order chi connectivity index (χ0) is 15.0. The molecule has 0 amide bonds. The van der Waals surface area contributed by atoms with E-state index in [-0.39, 0.29) is 0 Å². The first-order chi connectivity index (χ1) is 10.1. The van der Waals surface area contributed by atoms with Crippen molar-refractivity contribution in [3.05, 3.63) is 70.2 Å². The first-order valence-electron chi connectivity index (χ1n) is 6.68. The van der Waals surface area contributed by atoms with Crippen molar-refractivity contribution in [2.75, 3.05) is 0 Å².